The van der Waals surface area contributed by atoms with Crippen molar-refractivity contribution in [2.45, 2.75) is 17.2 Å². The van der Waals surface area contributed by atoms with Crippen LogP contribution in [-0.2, 0) is 10.0 Å². The zero-order valence-electron chi connectivity index (χ0n) is 15.1. The number of thioether (sulfide) groups is 1. The van der Waals surface area contributed by atoms with Gasteiger partial charge in [0.2, 0.25) is 10.0 Å². The number of sulfonamides is 1. The van der Waals surface area contributed by atoms with Gasteiger partial charge in [-0.1, -0.05) is 72.3 Å². The molecule has 0 spiro atoms. The van der Waals surface area contributed by atoms with Crippen molar-refractivity contribution in [1.29, 1.82) is 0 Å². The van der Waals surface area contributed by atoms with Crippen LogP contribution in [0.4, 0.5) is 0 Å². The van der Waals surface area contributed by atoms with Crippen molar-refractivity contribution in [3.63, 3.8) is 0 Å². The summed E-state index contributed by atoms with van der Waals surface area (Å²) in [7, 11) is -3.53. The Morgan fingerprint density at radius 1 is 0.852 bits per heavy atom. The lowest BCUT2D eigenvalue weighted by Gasteiger charge is -2.23. The Labute approximate surface area is 165 Å². The van der Waals surface area contributed by atoms with Crippen LogP contribution in [0.1, 0.15) is 16.5 Å². The van der Waals surface area contributed by atoms with Gasteiger partial charge in [-0.3, -0.25) is 0 Å². The molecule has 1 unspecified atom stereocenters. The molecule has 4 rings (SSSR count). The van der Waals surface area contributed by atoms with Crippen molar-refractivity contribution in [3.8, 4) is 11.1 Å². The minimum Gasteiger partial charge on any atom is -0.207 e. The Bertz CT molecular complexity index is 1010. The third-order valence-electron chi connectivity index (χ3n) is 4.78. The van der Waals surface area contributed by atoms with Crippen molar-refractivity contribution >= 4 is 21.8 Å². The monoisotopic (exact) mass is 395 g/mol. The SMILES string of the molecule is Cc1ccc(C2SCCN2S(=O)(=O)c2ccc(-c3ccccc3)cc2)cc1. The summed E-state index contributed by atoms with van der Waals surface area (Å²) >= 11 is 1.68. The lowest BCUT2D eigenvalue weighted by Crippen LogP contribution is -2.30. The lowest BCUT2D eigenvalue weighted by molar-refractivity contribution is 0.434. The van der Waals surface area contributed by atoms with E-state index in [4.69, 9.17) is 0 Å². The van der Waals surface area contributed by atoms with Crippen LogP contribution in [0.15, 0.2) is 83.8 Å². The molecule has 0 saturated carbocycles. The van der Waals surface area contributed by atoms with E-state index in [2.05, 4.69) is 0 Å². The van der Waals surface area contributed by atoms with Gasteiger partial charge in [0, 0.05) is 12.3 Å². The van der Waals surface area contributed by atoms with Crippen molar-refractivity contribution in [2.24, 2.45) is 0 Å². The van der Waals surface area contributed by atoms with Crippen molar-refractivity contribution in [1.82, 2.24) is 4.31 Å². The second-order valence-corrected chi connectivity index (χ2v) is 9.72. The van der Waals surface area contributed by atoms with Crippen LogP contribution in [0.3, 0.4) is 0 Å². The first-order valence-corrected chi connectivity index (χ1v) is 11.4. The van der Waals surface area contributed by atoms with Gasteiger partial charge in [0.1, 0.15) is 0 Å². The molecule has 1 heterocycles. The number of nitrogens with zero attached hydrogens (tertiary/aromatic N) is 1. The first-order valence-electron chi connectivity index (χ1n) is 8.91. The molecule has 0 bridgehead atoms. The van der Waals surface area contributed by atoms with E-state index in [9.17, 15) is 8.42 Å². The molecule has 5 heteroatoms. The van der Waals surface area contributed by atoms with Gasteiger partial charge in [0.15, 0.2) is 0 Å². The molecule has 27 heavy (non-hydrogen) atoms. The van der Waals surface area contributed by atoms with Crippen molar-refractivity contribution < 1.29 is 8.42 Å². The molecule has 0 radical (unpaired) electrons. The number of hydrogen-bond donors (Lipinski definition) is 0. The Morgan fingerprint density at radius 2 is 1.48 bits per heavy atom. The molecule has 0 amide bonds. The average molecular weight is 396 g/mol. The number of aryl methyl sites for hydroxylation is 1. The third kappa shape index (κ3) is 3.68. The highest BCUT2D eigenvalue weighted by Crippen LogP contribution is 2.41. The summed E-state index contributed by atoms with van der Waals surface area (Å²) < 4.78 is 28.1. The first kappa shape index (κ1) is 18.3. The fraction of sp³-hybridized carbons (Fsp3) is 0.182. The van der Waals surface area contributed by atoms with Crippen molar-refractivity contribution in [2.75, 3.05) is 12.3 Å². The Balaban J connectivity index is 1.63. The zero-order valence-corrected chi connectivity index (χ0v) is 16.7. The van der Waals surface area contributed by atoms with Gasteiger partial charge in [0.25, 0.3) is 0 Å². The molecule has 1 aliphatic rings. The Morgan fingerprint density at radius 3 is 2.15 bits per heavy atom. The molecule has 0 N–H and O–H groups in total. The van der Waals surface area contributed by atoms with Gasteiger partial charge < -0.3 is 0 Å². The quantitative estimate of drug-likeness (QED) is 0.617. The Hall–Kier alpha value is -2.08. The molecule has 1 atom stereocenters. The largest absolute Gasteiger partial charge is 0.244 e. The summed E-state index contributed by atoms with van der Waals surface area (Å²) in [5.74, 6) is 0.805. The highest BCUT2D eigenvalue weighted by molar-refractivity contribution is 8.01. The number of hydrogen-bond acceptors (Lipinski definition) is 3. The van der Waals surface area contributed by atoms with Gasteiger partial charge in [-0.25, -0.2) is 8.42 Å². The molecular formula is C22H21NO2S2. The van der Waals surface area contributed by atoms with E-state index in [1.54, 1.807) is 28.2 Å². The topological polar surface area (TPSA) is 37.4 Å². The fourth-order valence-corrected chi connectivity index (χ4v) is 6.52. The van der Waals surface area contributed by atoms with E-state index in [0.29, 0.717) is 11.4 Å². The summed E-state index contributed by atoms with van der Waals surface area (Å²) in [6.07, 6.45) is 0. The smallest absolute Gasteiger partial charge is 0.207 e. The van der Waals surface area contributed by atoms with Crippen molar-refractivity contribution in [3.05, 3.63) is 90.0 Å². The molecular weight excluding hydrogens is 374 g/mol. The standard InChI is InChI=1S/C22H21NO2S2/c1-17-7-9-20(10-8-17)22-23(15-16-26-22)27(24,25)21-13-11-19(12-14-21)18-5-3-2-4-6-18/h2-14,22H,15-16H2,1H3. The van der Waals surface area contributed by atoms with Gasteiger partial charge in [0.05, 0.1) is 10.3 Å². The molecule has 3 aromatic rings. The minimum absolute atomic E-state index is 0.163. The van der Waals surface area contributed by atoms with E-state index >= 15 is 0 Å². The van der Waals surface area contributed by atoms with E-state index in [1.165, 1.54) is 5.56 Å². The molecule has 0 aliphatic carbocycles. The van der Waals surface area contributed by atoms with E-state index in [-0.39, 0.29) is 5.37 Å². The molecule has 3 nitrogen and oxygen atoms in total. The zero-order chi connectivity index (χ0) is 18.9. The lowest BCUT2D eigenvalue weighted by atomic mass is 10.1. The minimum atomic E-state index is -3.53. The van der Waals surface area contributed by atoms with Crippen LogP contribution in [0.5, 0.6) is 0 Å². The molecule has 1 saturated heterocycles. The molecule has 0 aromatic heterocycles. The van der Waals surface area contributed by atoms with Crippen LogP contribution < -0.4 is 0 Å². The van der Waals surface area contributed by atoms with Crippen LogP contribution >= 0.6 is 11.8 Å². The van der Waals surface area contributed by atoms with Crippen LogP contribution in [-0.4, -0.2) is 25.0 Å². The van der Waals surface area contributed by atoms with Gasteiger partial charge in [-0.15, -0.1) is 11.8 Å². The summed E-state index contributed by atoms with van der Waals surface area (Å²) in [5.41, 5.74) is 4.30. The molecule has 138 valence electrons. The third-order valence-corrected chi connectivity index (χ3v) is 8.05. The summed E-state index contributed by atoms with van der Waals surface area (Å²) in [4.78, 5) is 0.349. The second-order valence-electron chi connectivity index (χ2n) is 6.64. The number of rotatable bonds is 4. The molecule has 3 aromatic carbocycles. The molecule has 1 fully saturated rings. The maximum Gasteiger partial charge on any atom is 0.244 e. The van der Waals surface area contributed by atoms with E-state index < -0.39 is 10.0 Å². The molecule has 1 aliphatic heterocycles. The average Bonchev–Trinajstić information content (AvgIpc) is 3.20. The second kappa shape index (κ2) is 7.50. The van der Waals surface area contributed by atoms with Gasteiger partial charge in [-0.05, 0) is 35.7 Å². The Kier molecular flexibility index (Phi) is 5.08. The van der Waals surface area contributed by atoms with E-state index in [1.807, 2.05) is 73.7 Å². The summed E-state index contributed by atoms with van der Waals surface area (Å²) in [6.45, 7) is 2.57. The fourth-order valence-electron chi connectivity index (χ4n) is 3.28. The van der Waals surface area contributed by atoms with Gasteiger partial charge >= 0.3 is 0 Å². The maximum absolute atomic E-state index is 13.2. The van der Waals surface area contributed by atoms with E-state index in [0.717, 1.165) is 22.4 Å². The number of benzene rings is 3. The highest BCUT2D eigenvalue weighted by atomic mass is 32.2. The summed E-state index contributed by atoms with van der Waals surface area (Å²) in [5, 5.41) is -0.163. The predicted octanol–water partition coefficient (Wildman–Crippen LogP) is 5.10. The maximum atomic E-state index is 13.2. The van der Waals surface area contributed by atoms with Gasteiger partial charge in [-0.2, -0.15) is 4.31 Å². The normalized spacial score (nSPS) is 17.9. The predicted molar refractivity (Wildman–Crippen MR) is 112 cm³/mol. The first-order chi connectivity index (χ1) is 13.1. The van der Waals surface area contributed by atoms with Crippen LogP contribution in [0.2, 0.25) is 0 Å². The van der Waals surface area contributed by atoms with Crippen LogP contribution in [0.25, 0.3) is 11.1 Å². The highest BCUT2D eigenvalue weighted by Gasteiger charge is 2.36. The summed E-state index contributed by atoms with van der Waals surface area (Å²) in [6, 6.07) is 25.3. The van der Waals surface area contributed by atoms with Crippen LogP contribution in [0, 0.1) is 6.92 Å².